The molecule has 0 N–H and O–H groups in total. The molecule has 0 saturated carbocycles. The molecule has 2 nitrogen and oxygen atoms in total. The molecule has 0 aliphatic heterocycles. The minimum Gasteiger partial charge on any atom is -0.295 e. The molecule has 0 aliphatic carbocycles. The number of fused-ring (bicyclic) bond motifs is 1. The van der Waals surface area contributed by atoms with Gasteiger partial charge in [-0.3, -0.25) is 4.57 Å². The van der Waals surface area contributed by atoms with Gasteiger partial charge in [0.05, 0.1) is 26.8 Å². The Morgan fingerprint density at radius 1 is 1.10 bits per heavy atom. The Balaban J connectivity index is 2.35. The van der Waals surface area contributed by atoms with Gasteiger partial charge in [0.15, 0.2) is 0 Å². The molecule has 0 unspecified atom stereocenters. The summed E-state index contributed by atoms with van der Waals surface area (Å²) in [5.74, 6) is 1.38. The van der Waals surface area contributed by atoms with Crippen molar-refractivity contribution in [2.75, 3.05) is 5.88 Å². The molecule has 108 valence electrons. The zero-order chi connectivity index (χ0) is 15.0. The molecule has 0 radical (unpaired) electrons. The van der Waals surface area contributed by atoms with Crippen LogP contribution in [0.3, 0.4) is 0 Å². The Morgan fingerprint density at radius 3 is 2.52 bits per heavy atom. The van der Waals surface area contributed by atoms with Gasteiger partial charge in [-0.1, -0.05) is 35.3 Å². The standard InChI is InChI=1S/C15H10BrCl3N2/c16-9-3-1-2-4-13(9)21-14-8-11(19)10(18)7-12(14)20-15(21)5-6-17/h1-4,7-8H,5-6H2. The van der Waals surface area contributed by atoms with Crippen LogP contribution in [0.25, 0.3) is 16.7 Å². The molecule has 1 aromatic heterocycles. The third-order valence-electron chi connectivity index (χ3n) is 3.18. The molecular weight excluding hydrogens is 394 g/mol. The fourth-order valence-electron chi connectivity index (χ4n) is 2.28. The van der Waals surface area contributed by atoms with Crippen LogP contribution in [-0.2, 0) is 6.42 Å². The Bertz CT molecular complexity index is 814. The number of aryl methyl sites for hydroxylation is 1. The molecular formula is C15H10BrCl3N2. The number of imidazole rings is 1. The van der Waals surface area contributed by atoms with Crippen LogP contribution in [0.2, 0.25) is 10.0 Å². The average molecular weight is 405 g/mol. The maximum absolute atomic E-state index is 6.16. The number of hydrogen-bond acceptors (Lipinski definition) is 1. The molecule has 0 saturated heterocycles. The third kappa shape index (κ3) is 2.80. The minimum atomic E-state index is 0.495. The number of rotatable bonds is 3. The first-order valence-corrected chi connectivity index (χ1v) is 8.37. The van der Waals surface area contributed by atoms with Crippen molar-refractivity contribution in [3.63, 3.8) is 0 Å². The monoisotopic (exact) mass is 402 g/mol. The van der Waals surface area contributed by atoms with Crippen LogP contribution in [-0.4, -0.2) is 15.4 Å². The van der Waals surface area contributed by atoms with Crippen LogP contribution in [0.1, 0.15) is 5.82 Å². The summed E-state index contributed by atoms with van der Waals surface area (Å²) in [4.78, 5) is 4.64. The average Bonchev–Trinajstić information content (AvgIpc) is 2.78. The molecule has 0 aliphatic rings. The van der Waals surface area contributed by atoms with Crippen LogP contribution in [0.4, 0.5) is 0 Å². The Hall–Kier alpha value is -0.740. The van der Waals surface area contributed by atoms with E-state index in [1.54, 1.807) is 6.07 Å². The molecule has 0 amide bonds. The van der Waals surface area contributed by atoms with E-state index in [0.717, 1.165) is 27.0 Å². The van der Waals surface area contributed by atoms with Gasteiger partial charge in [-0.25, -0.2) is 4.98 Å². The van der Waals surface area contributed by atoms with E-state index in [9.17, 15) is 0 Å². The predicted octanol–water partition coefficient (Wildman–Crippen LogP) is 5.88. The summed E-state index contributed by atoms with van der Waals surface area (Å²) >= 11 is 21.7. The Labute approximate surface area is 145 Å². The molecule has 3 rings (SSSR count). The molecule has 0 atom stereocenters. The number of alkyl halides is 1. The lowest BCUT2D eigenvalue weighted by molar-refractivity contribution is 0.909. The highest BCUT2D eigenvalue weighted by Crippen LogP contribution is 2.32. The molecule has 0 spiro atoms. The SMILES string of the molecule is ClCCc1nc2cc(Cl)c(Cl)cc2n1-c1ccccc1Br. The lowest BCUT2D eigenvalue weighted by Gasteiger charge is -2.11. The molecule has 2 aromatic carbocycles. The van der Waals surface area contributed by atoms with Gasteiger partial charge in [0.1, 0.15) is 5.82 Å². The van der Waals surface area contributed by atoms with E-state index in [1.165, 1.54) is 0 Å². The quantitative estimate of drug-likeness (QED) is 0.499. The van der Waals surface area contributed by atoms with Crippen molar-refractivity contribution in [1.82, 2.24) is 9.55 Å². The fraction of sp³-hybridized carbons (Fsp3) is 0.133. The van der Waals surface area contributed by atoms with Gasteiger partial charge in [0.2, 0.25) is 0 Å². The third-order valence-corrected chi connectivity index (χ3v) is 4.76. The summed E-state index contributed by atoms with van der Waals surface area (Å²) in [6.45, 7) is 0. The molecule has 0 bridgehead atoms. The van der Waals surface area contributed by atoms with Crippen LogP contribution in [0.15, 0.2) is 40.9 Å². The topological polar surface area (TPSA) is 17.8 Å². The smallest absolute Gasteiger partial charge is 0.115 e. The number of halogens is 4. The number of aromatic nitrogens is 2. The van der Waals surface area contributed by atoms with E-state index in [2.05, 4.69) is 25.5 Å². The number of hydrogen-bond donors (Lipinski definition) is 0. The summed E-state index contributed by atoms with van der Waals surface area (Å²) < 4.78 is 3.04. The summed E-state index contributed by atoms with van der Waals surface area (Å²) in [7, 11) is 0. The second kappa shape index (κ2) is 6.17. The van der Waals surface area contributed by atoms with Crippen LogP contribution < -0.4 is 0 Å². The predicted molar refractivity (Wildman–Crippen MR) is 93.2 cm³/mol. The van der Waals surface area contributed by atoms with Gasteiger partial charge >= 0.3 is 0 Å². The summed E-state index contributed by atoms with van der Waals surface area (Å²) in [6, 6.07) is 11.6. The zero-order valence-corrected chi connectivity index (χ0v) is 14.6. The summed E-state index contributed by atoms with van der Waals surface area (Å²) in [5.41, 5.74) is 2.72. The van der Waals surface area contributed by atoms with Crippen molar-refractivity contribution in [2.24, 2.45) is 0 Å². The number of nitrogens with zero attached hydrogens (tertiary/aromatic N) is 2. The Kier molecular flexibility index (Phi) is 4.46. The summed E-state index contributed by atoms with van der Waals surface area (Å²) in [6.07, 6.45) is 0.660. The zero-order valence-electron chi connectivity index (χ0n) is 10.8. The maximum Gasteiger partial charge on any atom is 0.115 e. The highest BCUT2D eigenvalue weighted by atomic mass is 79.9. The van der Waals surface area contributed by atoms with Crippen molar-refractivity contribution in [3.05, 3.63) is 56.7 Å². The van der Waals surface area contributed by atoms with Crippen molar-refractivity contribution in [3.8, 4) is 5.69 Å². The van der Waals surface area contributed by atoms with Gasteiger partial charge in [-0.15, -0.1) is 11.6 Å². The normalized spacial score (nSPS) is 11.2. The highest BCUT2D eigenvalue weighted by molar-refractivity contribution is 9.10. The number of para-hydroxylation sites is 1. The molecule has 3 aromatic rings. The highest BCUT2D eigenvalue weighted by Gasteiger charge is 2.15. The molecule has 21 heavy (non-hydrogen) atoms. The molecule has 0 fully saturated rings. The van der Waals surface area contributed by atoms with Gasteiger partial charge in [0.25, 0.3) is 0 Å². The van der Waals surface area contributed by atoms with Gasteiger partial charge in [-0.2, -0.15) is 0 Å². The van der Waals surface area contributed by atoms with Crippen molar-refractivity contribution in [1.29, 1.82) is 0 Å². The molecule has 1 heterocycles. The van der Waals surface area contributed by atoms with Crippen molar-refractivity contribution >= 4 is 61.8 Å². The minimum absolute atomic E-state index is 0.495. The van der Waals surface area contributed by atoms with E-state index < -0.39 is 0 Å². The second-order valence-corrected chi connectivity index (χ2v) is 6.56. The largest absolute Gasteiger partial charge is 0.295 e. The van der Waals surface area contributed by atoms with Crippen LogP contribution >= 0.6 is 50.7 Å². The van der Waals surface area contributed by atoms with Gasteiger partial charge in [-0.05, 0) is 40.2 Å². The Morgan fingerprint density at radius 2 is 1.81 bits per heavy atom. The fourth-order valence-corrected chi connectivity index (χ4v) is 3.22. The van der Waals surface area contributed by atoms with Crippen LogP contribution in [0, 0.1) is 0 Å². The maximum atomic E-state index is 6.16. The lowest BCUT2D eigenvalue weighted by atomic mass is 10.2. The molecule has 6 heteroatoms. The summed E-state index contributed by atoms with van der Waals surface area (Å²) in [5, 5.41) is 1.01. The van der Waals surface area contributed by atoms with E-state index in [-0.39, 0.29) is 0 Å². The first kappa shape index (κ1) is 15.2. The number of benzene rings is 2. The van der Waals surface area contributed by atoms with Crippen molar-refractivity contribution in [2.45, 2.75) is 6.42 Å². The van der Waals surface area contributed by atoms with E-state index in [1.807, 2.05) is 30.3 Å². The second-order valence-electron chi connectivity index (χ2n) is 4.51. The van der Waals surface area contributed by atoms with E-state index in [4.69, 9.17) is 34.8 Å². The van der Waals surface area contributed by atoms with Crippen LogP contribution in [0.5, 0.6) is 0 Å². The van der Waals surface area contributed by atoms with E-state index >= 15 is 0 Å². The van der Waals surface area contributed by atoms with Gasteiger partial charge in [0, 0.05) is 16.8 Å². The van der Waals surface area contributed by atoms with Crippen molar-refractivity contribution < 1.29 is 0 Å². The van der Waals surface area contributed by atoms with Gasteiger partial charge < -0.3 is 0 Å². The van der Waals surface area contributed by atoms with E-state index in [0.29, 0.717) is 22.3 Å². The lowest BCUT2D eigenvalue weighted by Crippen LogP contribution is -2.02. The first-order valence-electron chi connectivity index (χ1n) is 6.29. The first-order chi connectivity index (χ1) is 10.1.